The van der Waals surface area contributed by atoms with Crippen molar-refractivity contribution in [2.24, 2.45) is 5.92 Å². The lowest BCUT2D eigenvalue weighted by Crippen LogP contribution is -2.49. The van der Waals surface area contributed by atoms with E-state index in [2.05, 4.69) is 15.0 Å². The molecule has 0 saturated heterocycles. The number of nitrogens with zero attached hydrogens (tertiary/aromatic N) is 1. The summed E-state index contributed by atoms with van der Waals surface area (Å²) in [6.07, 6.45) is 0. The van der Waals surface area contributed by atoms with Crippen molar-refractivity contribution in [3.63, 3.8) is 0 Å². The molecule has 2 N–H and O–H groups in total. The van der Waals surface area contributed by atoms with E-state index in [-0.39, 0.29) is 16.7 Å². The Hall–Kier alpha value is -2.29. The topological polar surface area (TPSA) is 88.2 Å². The fraction of sp³-hybridized carbons (Fsp3) is 0.300. The van der Waals surface area contributed by atoms with Crippen LogP contribution in [-0.2, 0) is 21.4 Å². The Bertz CT molecular complexity index is 1080. The number of rotatable bonds is 7. The molecule has 6 nitrogen and oxygen atoms in total. The van der Waals surface area contributed by atoms with Gasteiger partial charge in [0.05, 0.1) is 20.1 Å². The Morgan fingerprint density at radius 1 is 1.14 bits per heavy atom. The molecule has 1 heterocycles. The van der Waals surface area contributed by atoms with Crippen LogP contribution in [0.3, 0.4) is 0 Å². The summed E-state index contributed by atoms with van der Waals surface area (Å²) in [6.45, 7) is 5.84. The minimum Gasteiger partial charge on any atom is -0.351 e. The lowest BCUT2D eigenvalue weighted by atomic mass is 10.0. The second-order valence-electron chi connectivity index (χ2n) is 6.91. The number of fused-ring (bicyclic) bond motifs is 1. The highest BCUT2D eigenvalue weighted by Gasteiger charge is 2.28. The predicted molar refractivity (Wildman–Crippen MR) is 112 cm³/mol. The maximum Gasteiger partial charge on any atom is 0.241 e. The molecular weight excluding hydrogens is 394 g/mol. The molecule has 3 aromatic rings. The Balaban J connectivity index is 1.76. The zero-order valence-corrected chi connectivity index (χ0v) is 17.6. The average molecular weight is 418 g/mol. The molecule has 3 rings (SSSR count). The monoisotopic (exact) mass is 417 g/mol. The van der Waals surface area contributed by atoms with E-state index in [1.165, 1.54) is 17.4 Å². The second-order valence-corrected chi connectivity index (χ2v) is 9.86. The zero-order valence-electron chi connectivity index (χ0n) is 16.0. The van der Waals surface area contributed by atoms with Crippen LogP contribution in [0.4, 0.5) is 0 Å². The second kappa shape index (κ2) is 8.38. The average Bonchev–Trinajstić information content (AvgIpc) is 3.04. The smallest absolute Gasteiger partial charge is 0.241 e. The van der Waals surface area contributed by atoms with Gasteiger partial charge in [-0.3, -0.25) is 4.79 Å². The number of aryl methyl sites for hydroxylation is 1. The summed E-state index contributed by atoms with van der Waals surface area (Å²) in [5.41, 5.74) is 1.72. The highest BCUT2D eigenvalue weighted by molar-refractivity contribution is 7.89. The fourth-order valence-electron chi connectivity index (χ4n) is 2.81. The standard InChI is InChI=1S/C20H23N3O3S2/c1-13(2)19(20(24)21-12-15-7-5-4-6-8-15)23-28(25,26)16-9-10-17-18(11-16)27-14(3)22-17/h4-11,13,19,23H,12H2,1-3H3,(H,21,24). The van der Waals surface area contributed by atoms with Gasteiger partial charge in [-0.05, 0) is 36.6 Å². The number of hydrogen-bond acceptors (Lipinski definition) is 5. The van der Waals surface area contributed by atoms with E-state index in [9.17, 15) is 13.2 Å². The molecule has 0 saturated carbocycles. The third kappa shape index (κ3) is 4.76. The summed E-state index contributed by atoms with van der Waals surface area (Å²) in [5, 5.41) is 3.69. The van der Waals surface area contributed by atoms with Gasteiger partial charge in [0.1, 0.15) is 6.04 Å². The number of benzene rings is 2. The number of carbonyl (C=O) groups is 1. The summed E-state index contributed by atoms with van der Waals surface area (Å²) >= 11 is 1.44. The number of nitrogens with one attached hydrogen (secondary N) is 2. The molecule has 0 aliphatic carbocycles. The number of hydrogen-bond donors (Lipinski definition) is 2. The van der Waals surface area contributed by atoms with Crippen molar-refractivity contribution in [2.45, 2.75) is 38.3 Å². The molecule has 1 amide bonds. The first-order chi connectivity index (χ1) is 13.3. The number of amides is 1. The van der Waals surface area contributed by atoms with Gasteiger partial charge in [0.15, 0.2) is 0 Å². The fourth-order valence-corrected chi connectivity index (χ4v) is 5.12. The van der Waals surface area contributed by atoms with E-state index >= 15 is 0 Å². The highest BCUT2D eigenvalue weighted by Crippen LogP contribution is 2.25. The molecule has 148 valence electrons. The Labute approximate surface area is 169 Å². The Kier molecular flexibility index (Phi) is 6.12. The van der Waals surface area contributed by atoms with Crippen LogP contribution in [-0.4, -0.2) is 25.4 Å². The third-order valence-electron chi connectivity index (χ3n) is 4.32. The quantitative estimate of drug-likeness (QED) is 0.618. The van der Waals surface area contributed by atoms with Crippen molar-refractivity contribution >= 4 is 37.5 Å². The SMILES string of the molecule is Cc1nc2ccc(S(=O)(=O)NC(C(=O)NCc3ccccc3)C(C)C)cc2s1. The largest absolute Gasteiger partial charge is 0.351 e. The minimum absolute atomic E-state index is 0.130. The highest BCUT2D eigenvalue weighted by atomic mass is 32.2. The third-order valence-corrected chi connectivity index (χ3v) is 6.69. The van der Waals surface area contributed by atoms with Crippen molar-refractivity contribution < 1.29 is 13.2 Å². The van der Waals surface area contributed by atoms with Crippen LogP contribution in [0.15, 0.2) is 53.4 Å². The molecular formula is C20H23N3O3S2. The molecule has 28 heavy (non-hydrogen) atoms. The molecule has 0 radical (unpaired) electrons. The molecule has 1 aromatic heterocycles. The van der Waals surface area contributed by atoms with Crippen molar-refractivity contribution in [2.75, 3.05) is 0 Å². The number of sulfonamides is 1. The number of thiazole rings is 1. The van der Waals surface area contributed by atoms with Crippen LogP contribution in [0, 0.1) is 12.8 Å². The summed E-state index contributed by atoms with van der Waals surface area (Å²) in [7, 11) is -3.85. The van der Waals surface area contributed by atoms with E-state index in [0.717, 1.165) is 20.8 Å². The first-order valence-electron chi connectivity index (χ1n) is 8.97. The van der Waals surface area contributed by atoms with Crippen molar-refractivity contribution in [3.05, 3.63) is 59.1 Å². The van der Waals surface area contributed by atoms with Crippen LogP contribution in [0.25, 0.3) is 10.2 Å². The molecule has 0 aliphatic rings. The number of aromatic nitrogens is 1. The van der Waals surface area contributed by atoms with E-state index in [1.54, 1.807) is 12.1 Å². The summed E-state index contributed by atoms with van der Waals surface area (Å²) in [4.78, 5) is 17.1. The molecule has 1 atom stereocenters. The van der Waals surface area contributed by atoms with Gasteiger partial charge in [0.2, 0.25) is 15.9 Å². The van der Waals surface area contributed by atoms with Crippen LogP contribution in [0.5, 0.6) is 0 Å². The van der Waals surface area contributed by atoms with E-state index in [0.29, 0.717) is 6.54 Å². The molecule has 2 aromatic carbocycles. The summed E-state index contributed by atoms with van der Waals surface area (Å²) < 4.78 is 29.1. The van der Waals surface area contributed by atoms with Gasteiger partial charge in [-0.15, -0.1) is 11.3 Å². The summed E-state index contributed by atoms with van der Waals surface area (Å²) in [5.74, 6) is -0.558. The van der Waals surface area contributed by atoms with E-state index < -0.39 is 16.1 Å². The normalized spacial score (nSPS) is 13.0. The van der Waals surface area contributed by atoms with Crippen molar-refractivity contribution in [1.82, 2.24) is 15.0 Å². The maximum absolute atomic E-state index is 12.9. The van der Waals surface area contributed by atoms with Gasteiger partial charge in [-0.2, -0.15) is 4.72 Å². The summed E-state index contributed by atoms with van der Waals surface area (Å²) in [6, 6.07) is 13.4. The maximum atomic E-state index is 12.9. The van der Waals surface area contributed by atoms with Gasteiger partial charge in [-0.25, -0.2) is 13.4 Å². The number of carbonyl (C=O) groups excluding carboxylic acids is 1. The van der Waals surface area contributed by atoms with Crippen LogP contribution in [0.2, 0.25) is 0 Å². The van der Waals surface area contributed by atoms with Gasteiger partial charge in [-0.1, -0.05) is 44.2 Å². The first-order valence-corrected chi connectivity index (χ1v) is 11.3. The molecule has 0 bridgehead atoms. The van der Waals surface area contributed by atoms with Crippen molar-refractivity contribution in [3.8, 4) is 0 Å². The van der Waals surface area contributed by atoms with Crippen LogP contribution in [0.1, 0.15) is 24.4 Å². The molecule has 0 aliphatic heterocycles. The van der Waals surface area contributed by atoms with Gasteiger partial charge >= 0.3 is 0 Å². The predicted octanol–water partition coefficient (Wildman–Crippen LogP) is 3.22. The first kappa shape index (κ1) is 20.4. The van der Waals surface area contributed by atoms with E-state index in [1.807, 2.05) is 51.1 Å². The lowest BCUT2D eigenvalue weighted by Gasteiger charge is -2.21. The Morgan fingerprint density at radius 2 is 1.86 bits per heavy atom. The molecule has 1 unspecified atom stereocenters. The Morgan fingerprint density at radius 3 is 2.54 bits per heavy atom. The molecule has 0 fully saturated rings. The van der Waals surface area contributed by atoms with Crippen LogP contribution >= 0.6 is 11.3 Å². The minimum atomic E-state index is -3.85. The molecule has 0 spiro atoms. The zero-order chi connectivity index (χ0) is 20.3. The molecule has 8 heteroatoms. The van der Waals surface area contributed by atoms with Gasteiger partial charge in [0.25, 0.3) is 0 Å². The van der Waals surface area contributed by atoms with Crippen LogP contribution < -0.4 is 10.0 Å². The van der Waals surface area contributed by atoms with E-state index in [4.69, 9.17) is 0 Å². The van der Waals surface area contributed by atoms with Gasteiger partial charge < -0.3 is 5.32 Å². The van der Waals surface area contributed by atoms with Crippen molar-refractivity contribution in [1.29, 1.82) is 0 Å². The van der Waals surface area contributed by atoms with Gasteiger partial charge in [0, 0.05) is 6.54 Å². The lowest BCUT2D eigenvalue weighted by molar-refractivity contribution is -0.123.